The Morgan fingerprint density at radius 3 is 2.88 bits per heavy atom. The van der Waals surface area contributed by atoms with E-state index in [0.717, 1.165) is 12.8 Å². The average molecular weight is 257 g/mol. The molecule has 1 aromatic rings. The van der Waals surface area contributed by atoms with Gasteiger partial charge in [-0.3, -0.25) is 9.10 Å². The average Bonchev–Trinajstić information content (AvgIpc) is 2.87. The minimum atomic E-state index is -3.42. The molecule has 2 heterocycles. The molecule has 16 heavy (non-hydrogen) atoms. The van der Waals surface area contributed by atoms with Gasteiger partial charge in [-0.1, -0.05) is 0 Å². The highest BCUT2D eigenvalue weighted by atomic mass is 32.2. The van der Waals surface area contributed by atoms with Crippen molar-refractivity contribution in [2.45, 2.75) is 12.8 Å². The maximum Gasteiger partial charge on any atom is 0.242 e. The molecule has 1 saturated carbocycles. The highest BCUT2D eigenvalue weighted by Gasteiger charge is 2.38. The van der Waals surface area contributed by atoms with Crippen LogP contribution in [0.15, 0.2) is 11.4 Å². The summed E-state index contributed by atoms with van der Waals surface area (Å²) >= 11 is 1.33. The maximum absolute atomic E-state index is 11.9. The Morgan fingerprint density at radius 1 is 1.44 bits per heavy atom. The Bertz CT molecular complexity index is 542. The van der Waals surface area contributed by atoms with E-state index in [9.17, 15) is 13.2 Å². The fraction of sp³-hybridized carbons (Fsp3) is 0.500. The molecule has 1 aliphatic heterocycles. The molecular formula is C10H11NO3S2. The van der Waals surface area contributed by atoms with Crippen LogP contribution in [0.2, 0.25) is 0 Å². The summed E-state index contributed by atoms with van der Waals surface area (Å²) in [7, 11) is -3.42. The smallest absolute Gasteiger partial charge is 0.242 e. The van der Waals surface area contributed by atoms with Crippen molar-refractivity contribution in [3.8, 4) is 0 Å². The molecular weight excluding hydrogens is 246 g/mol. The van der Waals surface area contributed by atoms with E-state index in [1.807, 2.05) is 0 Å². The first-order valence-electron chi connectivity index (χ1n) is 5.19. The fourth-order valence-corrected chi connectivity index (χ4v) is 4.42. The molecule has 1 aliphatic carbocycles. The molecule has 3 rings (SSSR count). The lowest BCUT2D eigenvalue weighted by atomic mass is 10.3. The summed E-state index contributed by atoms with van der Waals surface area (Å²) in [6, 6.07) is 1.73. The minimum Gasteiger partial charge on any atom is -0.292 e. The summed E-state index contributed by atoms with van der Waals surface area (Å²) in [5.74, 6) is -0.152. The molecule has 1 fully saturated rings. The van der Waals surface area contributed by atoms with Crippen molar-refractivity contribution in [2.24, 2.45) is 5.92 Å². The van der Waals surface area contributed by atoms with Crippen molar-refractivity contribution < 1.29 is 13.2 Å². The fourth-order valence-electron chi connectivity index (χ4n) is 1.91. The van der Waals surface area contributed by atoms with Gasteiger partial charge in [-0.15, -0.1) is 11.3 Å². The third-order valence-corrected chi connectivity index (χ3v) is 5.53. The lowest BCUT2D eigenvalue weighted by Crippen LogP contribution is -2.41. The first-order valence-corrected chi connectivity index (χ1v) is 7.68. The van der Waals surface area contributed by atoms with Crippen LogP contribution in [-0.2, 0) is 10.0 Å². The van der Waals surface area contributed by atoms with E-state index >= 15 is 0 Å². The van der Waals surface area contributed by atoms with Gasteiger partial charge in [0.2, 0.25) is 10.0 Å². The summed E-state index contributed by atoms with van der Waals surface area (Å²) in [4.78, 5) is 12.2. The second-order valence-corrected chi connectivity index (χ2v) is 7.10. The van der Waals surface area contributed by atoms with Gasteiger partial charge in [0.1, 0.15) is 5.75 Å². The Balaban J connectivity index is 2.06. The number of Topliss-reactive ketones (excluding diaryl/α,β-unsaturated/α-hetero) is 1. The molecule has 0 unspecified atom stereocenters. The number of hydrogen-bond acceptors (Lipinski definition) is 4. The van der Waals surface area contributed by atoms with Gasteiger partial charge < -0.3 is 0 Å². The van der Waals surface area contributed by atoms with Crippen molar-refractivity contribution in [1.82, 2.24) is 0 Å². The monoisotopic (exact) mass is 257 g/mol. The number of carbonyl (C=O) groups is 1. The van der Waals surface area contributed by atoms with Crippen molar-refractivity contribution in [1.29, 1.82) is 0 Å². The summed E-state index contributed by atoms with van der Waals surface area (Å²) in [6.45, 7) is 0.541. The predicted molar refractivity (Wildman–Crippen MR) is 62.5 cm³/mol. The van der Waals surface area contributed by atoms with Gasteiger partial charge in [-0.25, -0.2) is 8.42 Å². The Labute approximate surface area is 97.9 Å². The number of carbonyl (C=O) groups excluding carboxylic acids is 1. The third-order valence-electron chi connectivity index (χ3n) is 2.94. The molecule has 0 spiro atoms. The summed E-state index contributed by atoms with van der Waals surface area (Å²) in [5.41, 5.74) is 0.591. The standard InChI is InChI=1S/C10H11NO3S2/c12-9-6-16(13,14)11(5-7-1-2-7)8-3-4-15-10(8)9/h3-4,7H,1-2,5-6H2. The molecule has 4 nitrogen and oxygen atoms in total. The molecule has 0 bridgehead atoms. The van der Waals surface area contributed by atoms with Crippen LogP contribution < -0.4 is 4.31 Å². The van der Waals surface area contributed by atoms with Crippen molar-refractivity contribution >= 4 is 32.8 Å². The first-order chi connectivity index (χ1) is 7.58. The third kappa shape index (κ3) is 1.56. The number of rotatable bonds is 2. The molecule has 86 valence electrons. The van der Waals surface area contributed by atoms with Crippen LogP contribution in [0.3, 0.4) is 0 Å². The zero-order valence-electron chi connectivity index (χ0n) is 8.55. The van der Waals surface area contributed by atoms with Crippen LogP contribution >= 0.6 is 11.3 Å². The molecule has 0 N–H and O–H groups in total. The number of hydrogen-bond donors (Lipinski definition) is 0. The van der Waals surface area contributed by atoms with Crippen molar-refractivity contribution in [3.05, 3.63) is 16.3 Å². The van der Waals surface area contributed by atoms with Gasteiger partial charge in [0.25, 0.3) is 0 Å². The Hall–Kier alpha value is -0.880. The van der Waals surface area contributed by atoms with Gasteiger partial charge in [0, 0.05) is 6.54 Å². The molecule has 2 aliphatic rings. The quantitative estimate of drug-likeness (QED) is 0.806. The summed E-state index contributed by atoms with van der Waals surface area (Å²) in [6.07, 6.45) is 2.19. The molecule has 0 radical (unpaired) electrons. The number of fused-ring (bicyclic) bond motifs is 1. The van der Waals surface area contributed by atoms with Crippen molar-refractivity contribution in [2.75, 3.05) is 16.6 Å². The lowest BCUT2D eigenvalue weighted by molar-refractivity contribution is 0.102. The Kier molecular flexibility index (Phi) is 2.12. The molecule has 0 aromatic carbocycles. The summed E-state index contributed by atoms with van der Waals surface area (Å²) < 4.78 is 25.3. The Morgan fingerprint density at radius 2 is 2.19 bits per heavy atom. The minimum absolute atomic E-state index is 0.267. The highest BCUT2D eigenvalue weighted by molar-refractivity contribution is 7.93. The van der Waals surface area contributed by atoms with Gasteiger partial charge in [-0.2, -0.15) is 0 Å². The van der Waals surface area contributed by atoms with Crippen molar-refractivity contribution in [3.63, 3.8) is 0 Å². The number of sulfonamides is 1. The number of anilines is 1. The number of thiophene rings is 1. The largest absolute Gasteiger partial charge is 0.292 e. The second kappa shape index (κ2) is 3.30. The zero-order chi connectivity index (χ0) is 11.3. The van der Waals surface area contributed by atoms with Crippen LogP contribution in [0.1, 0.15) is 22.5 Å². The normalized spacial score (nSPS) is 23.2. The second-order valence-electron chi connectivity index (χ2n) is 4.29. The van der Waals surface area contributed by atoms with E-state index in [4.69, 9.17) is 0 Å². The van der Waals surface area contributed by atoms with E-state index in [1.165, 1.54) is 15.6 Å². The van der Waals surface area contributed by atoms with Gasteiger partial charge in [-0.05, 0) is 30.2 Å². The van der Waals surface area contributed by atoms with Gasteiger partial charge in [0.05, 0.1) is 10.6 Å². The topological polar surface area (TPSA) is 54.5 Å². The van der Waals surface area contributed by atoms with Crippen LogP contribution in [0.4, 0.5) is 5.69 Å². The van der Waals surface area contributed by atoms with E-state index in [1.54, 1.807) is 11.4 Å². The SMILES string of the molecule is O=C1CS(=O)(=O)N(CC2CC2)c2ccsc21. The lowest BCUT2D eigenvalue weighted by Gasteiger charge is -2.27. The first kappa shape index (κ1) is 10.3. The molecule has 6 heteroatoms. The maximum atomic E-state index is 11.9. The molecule has 1 aromatic heterocycles. The van der Waals surface area contributed by atoms with E-state index in [2.05, 4.69) is 0 Å². The van der Waals surface area contributed by atoms with Gasteiger partial charge in [0.15, 0.2) is 5.78 Å². The van der Waals surface area contributed by atoms with Crippen LogP contribution in [0.25, 0.3) is 0 Å². The van der Waals surface area contributed by atoms with E-state index in [-0.39, 0.29) is 11.5 Å². The molecule has 0 saturated heterocycles. The molecule has 0 atom stereocenters. The van der Waals surface area contributed by atoms with E-state index < -0.39 is 10.0 Å². The summed E-state index contributed by atoms with van der Waals surface area (Å²) in [5, 5.41) is 1.78. The zero-order valence-corrected chi connectivity index (χ0v) is 10.2. The van der Waals surface area contributed by atoms with Crippen LogP contribution in [-0.4, -0.2) is 26.5 Å². The van der Waals surface area contributed by atoms with Crippen LogP contribution in [0.5, 0.6) is 0 Å². The number of ketones is 1. The number of nitrogens with zero attached hydrogens (tertiary/aromatic N) is 1. The van der Waals surface area contributed by atoms with Crippen LogP contribution in [0, 0.1) is 5.92 Å². The predicted octanol–water partition coefficient (Wildman–Crippen LogP) is 1.49. The molecule has 0 amide bonds. The van der Waals surface area contributed by atoms with E-state index in [0.29, 0.717) is 23.0 Å². The van der Waals surface area contributed by atoms with Gasteiger partial charge >= 0.3 is 0 Å². The highest BCUT2D eigenvalue weighted by Crippen LogP contribution is 2.38.